The summed E-state index contributed by atoms with van der Waals surface area (Å²) in [7, 11) is 0. The minimum Gasteiger partial charge on any atom is -0.461 e. The smallest absolute Gasteiger partial charge is 0.306 e. The maximum Gasteiger partial charge on any atom is 0.306 e. The van der Waals surface area contributed by atoms with Crippen LogP contribution in [-0.2, 0) is 20.9 Å². The third-order valence-electron chi connectivity index (χ3n) is 4.78. The molecule has 0 saturated heterocycles. The first-order valence-electron chi connectivity index (χ1n) is 8.26. The van der Waals surface area contributed by atoms with E-state index in [0.29, 0.717) is 6.42 Å². The Kier molecular flexibility index (Phi) is 7.43. The van der Waals surface area contributed by atoms with Gasteiger partial charge in [0.15, 0.2) is 5.78 Å². The molecule has 23 heavy (non-hydrogen) atoms. The topological polar surface area (TPSA) is 69.4 Å². The fourth-order valence-electron chi connectivity index (χ4n) is 2.24. The summed E-state index contributed by atoms with van der Waals surface area (Å²) < 4.78 is 5.20. The molecule has 0 heterocycles. The lowest BCUT2D eigenvalue weighted by atomic mass is 9.74. The Labute approximate surface area is 139 Å². The minimum absolute atomic E-state index is 0.0210. The molecule has 0 amide bonds. The van der Waals surface area contributed by atoms with E-state index in [9.17, 15) is 9.59 Å². The number of carbonyl (C=O) groups is 2. The number of ether oxygens (including phenoxy) is 1. The van der Waals surface area contributed by atoms with Gasteiger partial charge in [0.25, 0.3) is 0 Å². The third-order valence-corrected chi connectivity index (χ3v) is 4.78. The number of esters is 1. The summed E-state index contributed by atoms with van der Waals surface area (Å²) in [6.07, 6.45) is 1.40. The average molecular weight is 319 g/mol. The lowest BCUT2D eigenvalue weighted by Gasteiger charge is -2.31. The number of nitrogens with two attached hydrogens (primary N) is 1. The normalized spacial score (nSPS) is 14.1. The summed E-state index contributed by atoms with van der Waals surface area (Å²) in [5, 5.41) is 0. The molecule has 4 nitrogen and oxygen atoms in total. The van der Waals surface area contributed by atoms with Gasteiger partial charge in [0, 0.05) is 12.3 Å². The van der Waals surface area contributed by atoms with Gasteiger partial charge < -0.3 is 10.5 Å². The first-order valence-corrected chi connectivity index (χ1v) is 8.26. The summed E-state index contributed by atoms with van der Waals surface area (Å²) in [4.78, 5) is 24.1. The van der Waals surface area contributed by atoms with Gasteiger partial charge in [-0.2, -0.15) is 0 Å². The fraction of sp³-hybridized carbons (Fsp3) is 0.579. The number of hydrogen-bond donors (Lipinski definition) is 1. The molecule has 0 saturated carbocycles. The zero-order valence-electron chi connectivity index (χ0n) is 14.7. The Morgan fingerprint density at radius 2 is 1.83 bits per heavy atom. The fourth-order valence-corrected chi connectivity index (χ4v) is 2.24. The van der Waals surface area contributed by atoms with Crippen molar-refractivity contribution in [1.29, 1.82) is 0 Å². The molecule has 0 fully saturated rings. The van der Waals surface area contributed by atoms with Crippen LogP contribution in [0.15, 0.2) is 30.3 Å². The standard InChI is InChI=1S/C19H29NO3/c1-5-19(3,4)14(2)18(22)16(20)11-12-17(21)23-13-15-9-7-6-8-10-15/h6-10,14,16H,5,11-13,20H2,1-4H3/t14?,16-/m0/s1. The summed E-state index contributed by atoms with van der Waals surface area (Å²) in [6, 6.07) is 8.90. The molecule has 4 heteroatoms. The molecule has 1 rings (SSSR count). The lowest BCUT2D eigenvalue weighted by Crippen LogP contribution is -2.40. The number of Topliss-reactive ketones (excluding diaryl/α,β-unsaturated/α-hetero) is 1. The van der Waals surface area contributed by atoms with Gasteiger partial charge in [-0.05, 0) is 17.4 Å². The van der Waals surface area contributed by atoms with Crippen molar-refractivity contribution in [3.63, 3.8) is 0 Å². The predicted molar refractivity (Wildman–Crippen MR) is 91.7 cm³/mol. The van der Waals surface area contributed by atoms with E-state index in [-0.39, 0.29) is 36.1 Å². The maximum atomic E-state index is 12.4. The van der Waals surface area contributed by atoms with Crippen LogP contribution in [0, 0.1) is 11.3 Å². The molecule has 0 spiro atoms. The average Bonchev–Trinajstić information content (AvgIpc) is 2.57. The van der Waals surface area contributed by atoms with Gasteiger partial charge in [-0.15, -0.1) is 0 Å². The molecule has 0 aliphatic rings. The molecule has 0 bridgehead atoms. The maximum absolute atomic E-state index is 12.4. The van der Waals surface area contributed by atoms with E-state index in [1.54, 1.807) is 0 Å². The van der Waals surface area contributed by atoms with E-state index < -0.39 is 6.04 Å². The Balaban J connectivity index is 2.38. The molecule has 1 aromatic rings. The van der Waals surface area contributed by atoms with Gasteiger partial charge in [-0.25, -0.2) is 0 Å². The molecule has 0 aliphatic carbocycles. The molecule has 1 aromatic carbocycles. The van der Waals surface area contributed by atoms with Crippen LogP contribution < -0.4 is 5.73 Å². The lowest BCUT2D eigenvalue weighted by molar-refractivity contribution is -0.145. The Hall–Kier alpha value is -1.68. The molecule has 0 aliphatic heterocycles. The minimum atomic E-state index is -0.611. The van der Waals surface area contributed by atoms with Crippen LogP contribution in [0.2, 0.25) is 0 Å². The SMILES string of the molecule is CCC(C)(C)C(C)C(=O)[C@@H](N)CCC(=O)OCc1ccccc1. The second-order valence-corrected chi connectivity index (χ2v) is 6.76. The van der Waals surface area contributed by atoms with Crippen LogP contribution in [-0.4, -0.2) is 17.8 Å². The summed E-state index contributed by atoms with van der Waals surface area (Å²) in [6.45, 7) is 8.37. The number of rotatable bonds is 9. The molecule has 2 atom stereocenters. The second-order valence-electron chi connectivity index (χ2n) is 6.76. The van der Waals surface area contributed by atoms with Gasteiger partial charge in [0.05, 0.1) is 6.04 Å². The van der Waals surface area contributed by atoms with Crippen LogP contribution in [0.5, 0.6) is 0 Å². The van der Waals surface area contributed by atoms with Crippen LogP contribution in [0.3, 0.4) is 0 Å². The summed E-state index contributed by atoms with van der Waals surface area (Å²) >= 11 is 0. The van der Waals surface area contributed by atoms with Crippen molar-refractivity contribution in [3.8, 4) is 0 Å². The van der Waals surface area contributed by atoms with Crippen molar-refractivity contribution in [2.45, 2.75) is 59.6 Å². The van der Waals surface area contributed by atoms with Crippen LogP contribution in [0.1, 0.15) is 52.5 Å². The van der Waals surface area contributed by atoms with Crippen LogP contribution in [0.25, 0.3) is 0 Å². The van der Waals surface area contributed by atoms with Crippen molar-refractivity contribution in [3.05, 3.63) is 35.9 Å². The van der Waals surface area contributed by atoms with E-state index in [1.807, 2.05) is 37.3 Å². The van der Waals surface area contributed by atoms with Crippen molar-refractivity contribution in [2.24, 2.45) is 17.1 Å². The van der Waals surface area contributed by atoms with Gasteiger partial charge in [-0.3, -0.25) is 9.59 Å². The first-order chi connectivity index (χ1) is 10.8. The first kappa shape index (κ1) is 19.4. The van der Waals surface area contributed by atoms with Gasteiger partial charge in [-0.1, -0.05) is 64.4 Å². The Morgan fingerprint density at radius 3 is 2.39 bits per heavy atom. The molecular formula is C19H29NO3. The highest BCUT2D eigenvalue weighted by Crippen LogP contribution is 2.31. The highest BCUT2D eigenvalue weighted by atomic mass is 16.5. The molecular weight excluding hydrogens is 290 g/mol. The monoisotopic (exact) mass is 319 g/mol. The van der Waals surface area contributed by atoms with Gasteiger partial charge in [0.1, 0.15) is 6.61 Å². The molecule has 0 radical (unpaired) electrons. The largest absolute Gasteiger partial charge is 0.461 e. The number of hydrogen-bond acceptors (Lipinski definition) is 4. The van der Waals surface area contributed by atoms with Crippen molar-refractivity contribution in [2.75, 3.05) is 0 Å². The van der Waals surface area contributed by atoms with E-state index in [1.165, 1.54) is 0 Å². The quantitative estimate of drug-likeness (QED) is 0.708. The van der Waals surface area contributed by atoms with E-state index in [4.69, 9.17) is 10.5 Å². The van der Waals surface area contributed by atoms with E-state index >= 15 is 0 Å². The Morgan fingerprint density at radius 1 is 1.22 bits per heavy atom. The van der Waals surface area contributed by atoms with Crippen molar-refractivity contribution < 1.29 is 14.3 Å². The molecule has 2 N–H and O–H groups in total. The zero-order chi connectivity index (χ0) is 17.5. The second kappa shape index (κ2) is 8.82. The summed E-state index contributed by atoms with van der Waals surface area (Å²) in [5.74, 6) is -0.421. The number of carbonyl (C=O) groups excluding carboxylic acids is 2. The Bertz CT molecular complexity index is 511. The van der Waals surface area contributed by atoms with Crippen molar-refractivity contribution >= 4 is 11.8 Å². The van der Waals surface area contributed by atoms with E-state index in [0.717, 1.165) is 12.0 Å². The zero-order valence-corrected chi connectivity index (χ0v) is 14.7. The highest BCUT2D eigenvalue weighted by molar-refractivity contribution is 5.86. The number of ketones is 1. The summed E-state index contributed by atoms with van der Waals surface area (Å²) in [5.41, 5.74) is 6.83. The molecule has 1 unspecified atom stereocenters. The van der Waals surface area contributed by atoms with Gasteiger partial charge >= 0.3 is 5.97 Å². The molecule has 0 aromatic heterocycles. The predicted octanol–water partition coefficient (Wildman–Crippen LogP) is 3.48. The third kappa shape index (κ3) is 6.14. The van der Waals surface area contributed by atoms with Gasteiger partial charge in [0.2, 0.25) is 0 Å². The number of benzene rings is 1. The van der Waals surface area contributed by atoms with Crippen LogP contribution >= 0.6 is 0 Å². The van der Waals surface area contributed by atoms with E-state index in [2.05, 4.69) is 20.8 Å². The molecule has 128 valence electrons. The van der Waals surface area contributed by atoms with Crippen LogP contribution in [0.4, 0.5) is 0 Å². The highest BCUT2D eigenvalue weighted by Gasteiger charge is 2.32. The van der Waals surface area contributed by atoms with Crippen molar-refractivity contribution in [1.82, 2.24) is 0 Å².